The van der Waals surface area contributed by atoms with Gasteiger partial charge in [0.25, 0.3) is 11.8 Å². The second-order valence-corrected chi connectivity index (χ2v) is 7.25. The number of furan rings is 1. The molecule has 29 heavy (non-hydrogen) atoms. The predicted molar refractivity (Wildman–Crippen MR) is 107 cm³/mol. The van der Waals surface area contributed by atoms with Gasteiger partial charge in [-0.25, -0.2) is 4.39 Å². The number of benzene rings is 2. The van der Waals surface area contributed by atoms with Crippen LogP contribution in [-0.4, -0.2) is 22.8 Å². The van der Waals surface area contributed by atoms with Gasteiger partial charge in [-0.2, -0.15) is 0 Å². The van der Waals surface area contributed by atoms with E-state index in [0.717, 1.165) is 24.0 Å². The van der Waals surface area contributed by atoms with Gasteiger partial charge >= 0.3 is 0 Å². The van der Waals surface area contributed by atoms with Crippen LogP contribution in [0, 0.1) is 12.7 Å². The van der Waals surface area contributed by atoms with Crippen molar-refractivity contribution in [3.8, 4) is 0 Å². The highest BCUT2D eigenvalue weighted by Crippen LogP contribution is 2.30. The van der Waals surface area contributed by atoms with E-state index in [2.05, 4.69) is 5.32 Å². The van der Waals surface area contributed by atoms with Crippen LogP contribution in [0.25, 0.3) is 0 Å². The highest BCUT2D eigenvalue weighted by Gasteiger charge is 2.33. The second-order valence-electron chi connectivity index (χ2n) is 7.25. The van der Waals surface area contributed by atoms with Crippen LogP contribution in [0.1, 0.15) is 44.9 Å². The number of aryl methyl sites for hydroxylation is 1. The first-order valence-corrected chi connectivity index (χ1v) is 9.52. The number of amides is 2. The van der Waals surface area contributed by atoms with Gasteiger partial charge in [0.2, 0.25) is 0 Å². The van der Waals surface area contributed by atoms with Crippen LogP contribution in [0.2, 0.25) is 0 Å². The number of rotatable bonds is 6. The van der Waals surface area contributed by atoms with Crippen molar-refractivity contribution in [2.45, 2.75) is 32.4 Å². The summed E-state index contributed by atoms with van der Waals surface area (Å²) in [4.78, 5) is 27.3. The van der Waals surface area contributed by atoms with Crippen molar-refractivity contribution in [1.29, 1.82) is 0 Å². The van der Waals surface area contributed by atoms with E-state index in [1.54, 1.807) is 36.4 Å². The maximum absolute atomic E-state index is 13.2. The van der Waals surface area contributed by atoms with Gasteiger partial charge in [0.1, 0.15) is 5.82 Å². The maximum atomic E-state index is 13.2. The molecule has 0 bridgehead atoms. The summed E-state index contributed by atoms with van der Waals surface area (Å²) in [5, 5.41) is 2.80. The molecule has 5 nitrogen and oxygen atoms in total. The fourth-order valence-corrected chi connectivity index (χ4v) is 3.19. The van der Waals surface area contributed by atoms with E-state index in [0.29, 0.717) is 17.8 Å². The molecule has 0 unspecified atom stereocenters. The van der Waals surface area contributed by atoms with Crippen molar-refractivity contribution < 1.29 is 18.4 Å². The number of carbonyl (C=O) groups excluding carboxylic acids is 2. The molecule has 6 heteroatoms. The first-order chi connectivity index (χ1) is 14.0. The molecule has 3 aromatic rings. The molecule has 0 spiro atoms. The quantitative estimate of drug-likeness (QED) is 0.656. The minimum absolute atomic E-state index is 0.106. The molecular formula is C23H21FN2O3. The summed E-state index contributed by atoms with van der Waals surface area (Å²) >= 11 is 0. The molecule has 1 heterocycles. The summed E-state index contributed by atoms with van der Waals surface area (Å²) in [7, 11) is 0. The Bertz CT molecular complexity index is 1020. The topological polar surface area (TPSA) is 62.6 Å². The fourth-order valence-electron chi connectivity index (χ4n) is 3.19. The van der Waals surface area contributed by atoms with Crippen molar-refractivity contribution in [2.75, 3.05) is 5.32 Å². The van der Waals surface area contributed by atoms with E-state index in [-0.39, 0.29) is 29.4 Å². The molecule has 1 aliphatic rings. The second kappa shape index (κ2) is 7.91. The van der Waals surface area contributed by atoms with Gasteiger partial charge < -0.3 is 14.6 Å². The largest absolute Gasteiger partial charge is 0.459 e. The van der Waals surface area contributed by atoms with E-state index < -0.39 is 0 Å². The summed E-state index contributed by atoms with van der Waals surface area (Å²) in [6, 6.07) is 14.9. The Balaban J connectivity index is 1.55. The average molecular weight is 392 g/mol. The number of halogens is 1. The Hall–Kier alpha value is -3.41. The summed E-state index contributed by atoms with van der Waals surface area (Å²) in [5.41, 5.74) is 2.79. The standard InChI is InChI=1S/C23H21FN2O3/c1-15-4-7-17(13-20(15)25-22(27)21-3-2-12-29-21)23(28)26(19-10-11-19)14-16-5-8-18(24)9-6-16/h2-9,12-13,19H,10-11,14H2,1H3,(H,25,27). The SMILES string of the molecule is Cc1ccc(C(=O)N(Cc2ccc(F)cc2)C2CC2)cc1NC(=O)c1ccco1. The molecule has 0 atom stereocenters. The predicted octanol–water partition coefficient (Wildman–Crippen LogP) is 4.78. The molecular weight excluding hydrogens is 371 g/mol. The van der Waals surface area contributed by atoms with E-state index in [9.17, 15) is 14.0 Å². The molecule has 0 aliphatic heterocycles. The lowest BCUT2D eigenvalue weighted by molar-refractivity contribution is 0.0729. The van der Waals surface area contributed by atoms with Crippen LogP contribution in [0.5, 0.6) is 0 Å². The molecule has 2 amide bonds. The molecule has 4 rings (SSSR count). The molecule has 1 saturated carbocycles. The zero-order chi connectivity index (χ0) is 20.4. The third-order valence-electron chi connectivity index (χ3n) is 4.99. The lowest BCUT2D eigenvalue weighted by Crippen LogP contribution is -2.32. The van der Waals surface area contributed by atoms with E-state index >= 15 is 0 Å². The average Bonchev–Trinajstić information content (AvgIpc) is 3.40. The summed E-state index contributed by atoms with van der Waals surface area (Å²) < 4.78 is 18.3. The van der Waals surface area contributed by atoms with Crippen LogP contribution < -0.4 is 5.32 Å². The number of nitrogens with zero attached hydrogens (tertiary/aromatic N) is 1. The molecule has 0 radical (unpaired) electrons. The highest BCUT2D eigenvalue weighted by molar-refractivity contribution is 6.04. The molecule has 1 aromatic heterocycles. The van der Waals surface area contributed by atoms with Crippen LogP contribution in [0.3, 0.4) is 0 Å². The van der Waals surface area contributed by atoms with Crippen LogP contribution >= 0.6 is 0 Å². The number of nitrogens with one attached hydrogen (secondary N) is 1. The van der Waals surface area contributed by atoms with Crippen molar-refractivity contribution >= 4 is 17.5 Å². The molecule has 1 N–H and O–H groups in total. The summed E-state index contributed by atoms with van der Waals surface area (Å²) in [5.74, 6) is -0.566. The number of carbonyl (C=O) groups is 2. The smallest absolute Gasteiger partial charge is 0.291 e. The summed E-state index contributed by atoms with van der Waals surface area (Å²) in [6.07, 6.45) is 3.35. The van der Waals surface area contributed by atoms with Gasteiger partial charge in [0.15, 0.2) is 5.76 Å². The number of anilines is 1. The minimum Gasteiger partial charge on any atom is -0.459 e. The van der Waals surface area contributed by atoms with Gasteiger partial charge in [0, 0.05) is 23.8 Å². The Labute approximate surface area is 168 Å². The first kappa shape index (κ1) is 18.9. The van der Waals surface area contributed by atoms with Crippen LogP contribution in [0.15, 0.2) is 65.3 Å². The van der Waals surface area contributed by atoms with Crippen molar-refractivity contribution in [2.24, 2.45) is 0 Å². The van der Waals surface area contributed by atoms with Gasteiger partial charge in [-0.1, -0.05) is 18.2 Å². The zero-order valence-electron chi connectivity index (χ0n) is 16.0. The molecule has 1 fully saturated rings. The van der Waals surface area contributed by atoms with Crippen molar-refractivity contribution in [1.82, 2.24) is 4.90 Å². The normalized spacial score (nSPS) is 13.2. The fraction of sp³-hybridized carbons (Fsp3) is 0.217. The van der Waals surface area contributed by atoms with Gasteiger partial charge in [-0.3, -0.25) is 9.59 Å². The zero-order valence-corrected chi connectivity index (χ0v) is 16.0. The Morgan fingerprint density at radius 3 is 2.55 bits per heavy atom. The van der Waals surface area contributed by atoms with Crippen molar-refractivity contribution in [3.05, 3.63) is 89.1 Å². The minimum atomic E-state index is -0.368. The van der Waals surface area contributed by atoms with Gasteiger partial charge in [-0.15, -0.1) is 0 Å². The number of hydrogen-bond donors (Lipinski definition) is 1. The molecule has 1 aliphatic carbocycles. The molecule has 0 saturated heterocycles. The van der Waals surface area contributed by atoms with E-state index in [1.807, 2.05) is 17.9 Å². The molecule has 148 valence electrons. The lowest BCUT2D eigenvalue weighted by Gasteiger charge is -2.23. The van der Waals surface area contributed by atoms with Crippen LogP contribution in [-0.2, 0) is 6.54 Å². The Morgan fingerprint density at radius 1 is 1.14 bits per heavy atom. The Kier molecular flexibility index (Phi) is 5.16. The highest BCUT2D eigenvalue weighted by atomic mass is 19.1. The van der Waals surface area contributed by atoms with Gasteiger partial charge in [-0.05, 0) is 67.3 Å². The summed E-state index contributed by atoms with van der Waals surface area (Å²) in [6.45, 7) is 2.29. The monoisotopic (exact) mass is 392 g/mol. The van der Waals surface area contributed by atoms with Crippen LogP contribution in [0.4, 0.5) is 10.1 Å². The first-order valence-electron chi connectivity index (χ1n) is 9.52. The Morgan fingerprint density at radius 2 is 1.90 bits per heavy atom. The number of hydrogen-bond acceptors (Lipinski definition) is 3. The van der Waals surface area contributed by atoms with E-state index in [4.69, 9.17) is 4.42 Å². The van der Waals surface area contributed by atoms with Gasteiger partial charge in [0.05, 0.1) is 6.26 Å². The van der Waals surface area contributed by atoms with Crippen molar-refractivity contribution in [3.63, 3.8) is 0 Å². The van der Waals surface area contributed by atoms with E-state index in [1.165, 1.54) is 18.4 Å². The maximum Gasteiger partial charge on any atom is 0.291 e. The lowest BCUT2D eigenvalue weighted by atomic mass is 10.1. The molecule has 2 aromatic carbocycles. The third-order valence-corrected chi connectivity index (χ3v) is 4.99. The third kappa shape index (κ3) is 4.37.